The normalized spacial score (nSPS) is 17.4. The second-order valence-corrected chi connectivity index (χ2v) is 16.5. The van der Waals surface area contributed by atoms with Crippen molar-refractivity contribution in [3.63, 3.8) is 0 Å². The molecule has 6 aromatic rings. The number of carbonyl (C=O) groups excluding carboxylic acids is 1. The van der Waals surface area contributed by atoms with Crippen molar-refractivity contribution in [2.24, 2.45) is 13.0 Å². The van der Waals surface area contributed by atoms with E-state index < -0.39 is 87.7 Å². The van der Waals surface area contributed by atoms with Gasteiger partial charge in [-0.15, -0.1) is 0 Å². The monoisotopic (exact) mass is 845 g/mol. The first kappa shape index (κ1) is 39.1. The first-order chi connectivity index (χ1) is 27.3. The van der Waals surface area contributed by atoms with Crippen LogP contribution in [0.3, 0.4) is 0 Å². The van der Waals surface area contributed by atoms with Gasteiger partial charge in [-0.3, -0.25) is 33.2 Å². The summed E-state index contributed by atoms with van der Waals surface area (Å²) in [6.45, 7) is 0.789. The predicted octanol–water partition coefficient (Wildman–Crippen LogP) is 6.24. The Kier molecular flexibility index (Phi) is 9.41. The Hall–Kier alpha value is -5.76. The van der Waals surface area contributed by atoms with Crippen LogP contribution in [0.5, 0.6) is 0 Å². The minimum Gasteiger partial charge on any atom is -0.344 e. The molecule has 1 saturated carbocycles. The van der Waals surface area contributed by atoms with Crippen molar-refractivity contribution in [1.29, 1.82) is 0 Å². The van der Waals surface area contributed by atoms with E-state index in [1.807, 2.05) is 0 Å². The third-order valence-electron chi connectivity index (χ3n) is 10.0. The van der Waals surface area contributed by atoms with Gasteiger partial charge >= 0.3 is 0 Å². The van der Waals surface area contributed by atoms with Crippen LogP contribution < -0.4 is 15.6 Å². The van der Waals surface area contributed by atoms with Gasteiger partial charge in [-0.25, -0.2) is 31.0 Å². The van der Waals surface area contributed by atoms with E-state index in [2.05, 4.69) is 25.2 Å². The van der Waals surface area contributed by atoms with Gasteiger partial charge in [0.2, 0.25) is 15.9 Å². The number of alkyl halides is 4. The first-order valence-corrected chi connectivity index (χ1v) is 19.8. The van der Waals surface area contributed by atoms with Crippen molar-refractivity contribution in [2.45, 2.75) is 50.6 Å². The Morgan fingerprint density at radius 1 is 1.05 bits per heavy atom. The number of carbonyl (C=O) groups is 1. The third kappa shape index (κ3) is 6.97. The molecule has 0 aliphatic heterocycles. The number of rotatable bonds is 11. The number of sulfonamides is 1. The molecular weight excluding hydrogens is 816 g/mol. The van der Waals surface area contributed by atoms with Gasteiger partial charge in [-0.1, -0.05) is 11.6 Å². The Labute approximate surface area is 329 Å². The fraction of sp³-hybridized carbons (Fsp3) is 0.297. The molecule has 4 heterocycles. The summed E-state index contributed by atoms with van der Waals surface area (Å²) in [5.74, 6) is -9.01. The Morgan fingerprint density at radius 3 is 2.45 bits per heavy atom. The van der Waals surface area contributed by atoms with Crippen LogP contribution >= 0.6 is 11.6 Å². The van der Waals surface area contributed by atoms with Crippen LogP contribution in [0.25, 0.3) is 28.0 Å². The number of aryl methyl sites for hydroxylation is 2. The summed E-state index contributed by atoms with van der Waals surface area (Å²) in [6, 6.07) is 8.29. The Bertz CT molecular complexity index is 2840. The molecule has 0 unspecified atom stereocenters. The van der Waals surface area contributed by atoms with Crippen molar-refractivity contribution in [2.75, 3.05) is 11.0 Å². The fourth-order valence-corrected chi connectivity index (χ4v) is 8.43. The van der Waals surface area contributed by atoms with Crippen molar-refractivity contribution >= 4 is 44.3 Å². The number of halogens is 7. The van der Waals surface area contributed by atoms with E-state index in [-0.39, 0.29) is 62.2 Å². The van der Waals surface area contributed by atoms with E-state index in [0.29, 0.717) is 10.7 Å². The molecule has 2 aromatic carbocycles. The average molecular weight is 846 g/mol. The molecule has 8 rings (SSSR count). The van der Waals surface area contributed by atoms with Crippen LogP contribution in [0.4, 0.5) is 32.2 Å². The molecule has 0 spiro atoms. The van der Waals surface area contributed by atoms with Crippen LogP contribution in [0, 0.1) is 24.5 Å². The minimum atomic E-state index is -3.89. The smallest absolute Gasteiger partial charge is 0.293 e. The van der Waals surface area contributed by atoms with E-state index in [0.717, 1.165) is 34.6 Å². The summed E-state index contributed by atoms with van der Waals surface area (Å²) in [5, 5.41) is 10.7. The number of anilines is 1. The standard InChI is InChI=1S/C37H30ClF6N9O4S/c1-16-6-7-45-23(8-16)24-14-28(55)53(26-5-4-22(38)30-32(26)51(2)49-35(30)50-58(3,56)57)36(47-24)25(11-17-9-18(39)12-19(40)10-17)46-27(54)15-52-33-29(31(48-52)34(41)42)20-13-21(20)37(33,43)44/h4-10,12,14,20-21,25,34H,11,13,15H2,1-3H3,(H,46,54)(H,49,50)/t20-,21+,25-/m0/s1. The zero-order valence-corrected chi connectivity index (χ0v) is 32.0. The second kappa shape index (κ2) is 14.0. The highest BCUT2D eigenvalue weighted by Crippen LogP contribution is 2.68. The quantitative estimate of drug-likeness (QED) is 0.145. The number of nitrogens with zero attached hydrogens (tertiary/aromatic N) is 7. The number of fused-ring (bicyclic) bond motifs is 4. The number of amides is 1. The molecule has 3 atom stereocenters. The zero-order valence-electron chi connectivity index (χ0n) is 30.4. The van der Waals surface area contributed by atoms with Crippen LogP contribution in [-0.4, -0.2) is 54.7 Å². The lowest BCUT2D eigenvalue weighted by Crippen LogP contribution is -2.38. The van der Waals surface area contributed by atoms with Gasteiger partial charge in [0.1, 0.15) is 35.4 Å². The summed E-state index contributed by atoms with van der Waals surface area (Å²) in [4.78, 5) is 37.5. The molecule has 0 radical (unpaired) electrons. The molecular formula is C37H30ClF6N9O4S. The topological polar surface area (TPSA) is 159 Å². The van der Waals surface area contributed by atoms with Crippen molar-refractivity contribution in [3.8, 4) is 17.1 Å². The van der Waals surface area contributed by atoms with Crippen LogP contribution in [0.2, 0.25) is 5.02 Å². The maximum atomic E-state index is 15.4. The lowest BCUT2D eigenvalue weighted by molar-refractivity contribution is -0.123. The average Bonchev–Trinajstić information content (AvgIpc) is 3.66. The van der Waals surface area contributed by atoms with Gasteiger partial charge in [0, 0.05) is 43.3 Å². The Morgan fingerprint density at radius 2 is 1.78 bits per heavy atom. The lowest BCUT2D eigenvalue weighted by Gasteiger charge is -2.24. The molecule has 13 nitrogen and oxygen atoms in total. The molecule has 0 saturated heterocycles. The highest BCUT2D eigenvalue weighted by atomic mass is 35.5. The number of pyridine rings is 1. The van der Waals surface area contributed by atoms with Gasteiger partial charge in [0.25, 0.3) is 17.9 Å². The summed E-state index contributed by atoms with van der Waals surface area (Å²) >= 11 is 6.57. The SMILES string of the molecule is Cc1ccnc(-c2cc(=O)n(-c3ccc(Cl)c4c(NS(C)(=O)=O)nn(C)c34)c([C@H](Cc3cc(F)cc(F)c3)NC(=O)Cn3nc(C(F)F)c4c3C(F)(F)[C@@H]3C[C@H]43)n2)c1. The second-order valence-electron chi connectivity index (χ2n) is 14.3. The van der Waals surface area contributed by atoms with E-state index >= 15 is 8.78 Å². The molecule has 2 N–H and O–H groups in total. The largest absolute Gasteiger partial charge is 0.344 e. The molecule has 58 heavy (non-hydrogen) atoms. The summed E-state index contributed by atoms with van der Waals surface area (Å²) in [7, 11) is -2.44. The van der Waals surface area contributed by atoms with Crippen LogP contribution in [-0.2, 0) is 40.8 Å². The summed E-state index contributed by atoms with van der Waals surface area (Å²) in [5.41, 5.74) is -1.64. The zero-order chi connectivity index (χ0) is 41.6. The number of hydrogen-bond donors (Lipinski definition) is 2. The first-order valence-electron chi connectivity index (χ1n) is 17.5. The minimum absolute atomic E-state index is 0.000342. The van der Waals surface area contributed by atoms with Crippen molar-refractivity contribution in [3.05, 3.63) is 116 Å². The maximum absolute atomic E-state index is 15.4. The van der Waals surface area contributed by atoms with E-state index in [1.54, 1.807) is 19.1 Å². The van der Waals surface area contributed by atoms with E-state index in [4.69, 9.17) is 16.6 Å². The summed E-state index contributed by atoms with van der Waals surface area (Å²) < 4.78 is 118. The van der Waals surface area contributed by atoms with Gasteiger partial charge in [0.15, 0.2) is 5.82 Å². The lowest BCUT2D eigenvalue weighted by atomic mass is 10.0. The van der Waals surface area contributed by atoms with Gasteiger partial charge in [-0.05, 0) is 66.8 Å². The number of benzene rings is 2. The van der Waals surface area contributed by atoms with Crippen LogP contribution in [0.15, 0.2) is 59.5 Å². The van der Waals surface area contributed by atoms with Crippen molar-refractivity contribution in [1.82, 2.24) is 39.4 Å². The molecule has 0 bridgehead atoms. The van der Waals surface area contributed by atoms with E-state index in [1.165, 1.54) is 30.1 Å². The predicted molar refractivity (Wildman–Crippen MR) is 198 cm³/mol. The number of nitrogens with one attached hydrogen (secondary N) is 2. The molecule has 2 aliphatic rings. The van der Waals surface area contributed by atoms with Gasteiger partial charge in [0.05, 0.1) is 45.3 Å². The van der Waals surface area contributed by atoms with E-state index in [9.17, 15) is 35.6 Å². The molecule has 21 heteroatoms. The number of hydrogen-bond acceptors (Lipinski definition) is 8. The molecule has 302 valence electrons. The molecule has 2 aliphatic carbocycles. The third-order valence-corrected chi connectivity index (χ3v) is 10.9. The maximum Gasteiger partial charge on any atom is 0.293 e. The highest BCUT2D eigenvalue weighted by molar-refractivity contribution is 7.92. The summed E-state index contributed by atoms with van der Waals surface area (Å²) in [6.07, 6.45) is -1.29. The Balaban J connectivity index is 1.32. The van der Waals surface area contributed by atoms with Crippen molar-refractivity contribution < 1.29 is 39.6 Å². The molecule has 4 aromatic heterocycles. The highest BCUT2D eigenvalue weighted by Gasteiger charge is 2.67. The van der Waals surface area contributed by atoms with Crippen LogP contribution in [0.1, 0.15) is 58.7 Å². The number of aromatic nitrogens is 7. The van der Waals surface area contributed by atoms with Gasteiger partial charge < -0.3 is 5.32 Å². The molecule has 1 amide bonds. The fourth-order valence-electron chi connectivity index (χ4n) is 7.69. The molecule has 1 fully saturated rings. The van der Waals surface area contributed by atoms with Gasteiger partial charge in [-0.2, -0.15) is 19.0 Å².